The third-order valence-corrected chi connectivity index (χ3v) is 3.93. The molecule has 108 valence electrons. The molecular formula is C18H20N2O. The Labute approximate surface area is 125 Å². The van der Waals surface area contributed by atoms with Crippen molar-refractivity contribution < 1.29 is 4.79 Å². The van der Waals surface area contributed by atoms with Gasteiger partial charge in [0.1, 0.15) is 0 Å². The molecule has 0 spiro atoms. The summed E-state index contributed by atoms with van der Waals surface area (Å²) in [7, 11) is 1.87. The first-order valence-corrected chi connectivity index (χ1v) is 7.41. The first-order valence-electron chi connectivity index (χ1n) is 7.41. The van der Waals surface area contributed by atoms with Crippen LogP contribution in [0, 0.1) is 0 Å². The summed E-state index contributed by atoms with van der Waals surface area (Å²) < 4.78 is 0. The van der Waals surface area contributed by atoms with Crippen molar-refractivity contribution in [2.45, 2.75) is 19.4 Å². The zero-order valence-electron chi connectivity index (χ0n) is 12.3. The van der Waals surface area contributed by atoms with Gasteiger partial charge in [0.2, 0.25) is 0 Å². The Kier molecular flexibility index (Phi) is 3.91. The zero-order valence-corrected chi connectivity index (χ0v) is 12.3. The maximum atomic E-state index is 12.7. The second kappa shape index (κ2) is 6.00. The Bertz CT molecular complexity index is 637. The van der Waals surface area contributed by atoms with Crippen molar-refractivity contribution in [1.82, 2.24) is 4.90 Å². The molecule has 1 aliphatic heterocycles. The first-order chi connectivity index (χ1) is 10.3. The minimum atomic E-state index is 0.0967. The molecule has 0 saturated heterocycles. The highest BCUT2D eigenvalue weighted by atomic mass is 16.2. The molecule has 0 saturated carbocycles. The van der Waals surface area contributed by atoms with Gasteiger partial charge < -0.3 is 10.2 Å². The number of nitrogens with one attached hydrogen (secondary N) is 1. The summed E-state index contributed by atoms with van der Waals surface area (Å²) in [4.78, 5) is 14.5. The number of fused-ring (bicyclic) bond motifs is 1. The smallest absolute Gasteiger partial charge is 0.254 e. The van der Waals surface area contributed by atoms with E-state index in [2.05, 4.69) is 11.4 Å². The lowest BCUT2D eigenvalue weighted by atomic mass is 9.97. The van der Waals surface area contributed by atoms with Gasteiger partial charge >= 0.3 is 0 Å². The van der Waals surface area contributed by atoms with Crippen LogP contribution in [0.5, 0.6) is 0 Å². The summed E-state index contributed by atoms with van der Waals surface area (Å²) in [6.07, 6.45) is 2.06. The number of hydrogen-bond acceptors (Lipinski definition) is 2. The van der Waals surface area contributed by atoms with Gasteiger partial charge in [-0.2, -0.15) is 0 Å². The molecule has 2 aromatic carbocycles. The molecule has 0 aliphatic carbocycles. The van der Waals surface area contributed by atoms with Crippen LogP contribution in [0.3, 0.4) is 0 Å². The van der Waals surface area contributed by atoms with Gasteiger partial charge in [-0.3, -0.25) is 4.79 Å². The molecule has 0 radical (unpaired) electrons. The molecule has 21 heavy (non-hydrogen) atoms. The molecule has 0 atom stereocenters. The van der Waals surface area contributed by atoms with Gasteiger partial charge in [-0.15, -0.1) is 0 Å². The average molecular weight is 280 g/mol. The summed E-state index contributed by atoms with van der Waals surface area (Å²) in [6.45, 7) is 1.63. The third kappa shape index (κ3) is 2.92. The van der Waals surface area contributed by atoms with E-state index in [1.54, 1.807) is 4.90 Å². The van der Waals surface area contributed by atoms with Crippen LogP contribution >= 0.6 is 0 Å². The lowest BCUT2D eigenvalue weighted by Crippen LogP contribution is -2.28. The van der Waals surface area contributed by atoms with E-state index in [1.165, 1.54) is 0 Å². The molecule has 3 heteroatoms. The van der Waals surface area contributed by atoms with Crippen molar-refractivity contribution in [1.29, 1.82) is 0 Å². The number of nitrogens with zero attached hydrogens (tertiary/aromatic N) is 1. The molecule has 1 heterocycles. The number of carbonyl (C=O) groups is 1. The molecule has 0 unspecified atom stereocenters. The van der Waals surface area contributed by atoms with Crippen molar-refractivity contribution in [2.24, 2.45) is 0 Å². The summed E-state index contributed by atoms with van der Waals surface area (Å²) in [5.41, 5.74) is 4.25. The van der Waals surface area contributed by atoms with Gasteiger partial charge in [0.05, 0.1) is 0 Å². The third-order valence-electron chi connectivity index (χ3n) is 3.93. The number of amides is 1. The Morgan fingerprint density at radius 2 is 1.95 bits per heavy atom. The van der Waals surface area contributed by atoms with E-state index in [0.29, 0.717) is 6.54 Å². The van der Waals surface area contributed by atoms with E-state index in [4.69, 9.17) is 0 Å². The van der Waals surface area contributed by atoms with Crippen LogP contribution in [0.2, 0.25) is 0 Å². The van der Waals surface area contributed by atoms with Crippen LogP contribution in [0.1, 0.15) is 27.9 Å². The van der Waals surface area contributed by atoms with E-state index in [1.807, 2.05) is 49.5 Å². The topological polar surface area (TPSA) is 32.3 Å². The summed E-state index contributed by atoms with van der Waals surface area (Å²) in [5, 5.41) is 3.38. The Hall–Kier alpha value is -2.29. The summed E-state index contributed by atoms with van der Waals surface area (Å²) >= 11 is 0. The van der Waals surface area contributed by atoms with Gasteiger partial charge in [-0.05, 0) is 36.1 Å². The predicted molar refractivity (Wildman–Crippen MR) is 85.5 cm³/mol. The maximum Gasteiger partial charge on any atom is 0.254 e. The lowest BCUT2D eigenvalue weighted by molar-refractivity contribution is 0.0784. The van der Waals surface area contributed by atoms with Crippen LogP contribution in [0.25, 0.3) is 0 Å². The summed E-state index contributed by atoms with van der Waals surface area (Å²) in [5.74, 6) is 0.0967. The van der Waals surface area contributed by atoms with Gasteiger partial charge in [0, 0.05) is 31.4 Å². The zero-order chi connectivity index (χ0) is 14.7. The van der Waals surface area contributed by atoms with Crippen LogP contribution in [-0.4, -0.2) is 24.4 Å². The largest absolute Gasteiger partial charge is 0.385 e. The second-order valence-electron chi connectivity index (χ2n) is 5.51. The van der Waals surface area contributed by atoms with Crippen LogP contribution in [0.15, 0.2) is 48.5 Å². The molecular weight excluding hydrogens is 260 g/mol. The van der Waals surface area contributed by atoms with Crippen molar-refractivity contribution in [3.05, 3.63) is 65.2 Å². The number of carbonyl (C=O) groups excluding carboxylic acids is 1. The fourth-order valence-corrected chi connectivity index (χ4v) is 2.85. The second-order valence-corrected chi connectivity index (χ2v) is 5.51. The molecule has 1 N–H and O–H groups in total. The van der Waals surface area contributed by atoms with Gasteiger partial charge in [-0.1, -0.05) is 36.4 Å². The standard InChI is InChI=1S/C18H20N2O/c1-20(13-14-7-3-2-4-8-14)18(21)16-9-5-11-17-15(16)10-6-12-19-17/h2-5,7-9,11,19H,6,10,12-13H2,1H3. The Morgan fingerprint density at radius 3 is 2.76 bits per heavy atom. The minimum absolute atomic E-state index is 0.0967. The Morgan fingerprint density at radius 1 is 1.14 bits per heavy atom. The summed E-state index contributed by atoms with van der Waals surface area (Å²) in [6, 6.07) is 16.0. The molecule has 3 rings (SSSR count). The van der Waals surface area contributed by atoms with Crippen molar-refractivity contribution in [3.63, 3.8) is 0 Å². The molecule has 3 nitrogen and oxygen atoms in total. The molecule has 0 bridgehead atoms. The highest BCUT2D eigenvalue weighted by molar-refractivity contribution is 5.97. The number of anilines is 1. The Balaban J connectivity index is 1.82. The molecule has 2 aromatic rings. The molecule has 0 fully saturated rings. The van der Waals surface area contributed by atoms with E-state index in [0.717, 1.165) is 41.8 Å². The van der Waals surface area contributed by atoms with Crippen molar-refractivity contribution in [3.8, 4) is 0 Å². The fourth-order valence-electron chi connectivity index (χ4n) is 2.85. The number of rotatable bonds is 3. The fraction of sp³-hybridized carbons (Fsp3) is 0.278. The molecule has 1 aliphatic rings. The SMILES string of the molecule is CN(Cc1ccccc1)C(=O)c1cccc2c1CCCN2. The highest BCUT2D eigenvalue weighted by Gasteiger charge is 2.19. The van der Waals surface area contributed by atoms with E-state index < -0.39 is 0 Å². The number of hydrogen-bond donors (Lipinski definition) is 1. The van der Waals surface area contributed by atoms with Gasteiger partial charge in [0.25, 0.3) is 5.91 Å². The van der Waals surface area contributed by atoms with Crippen LogP contribution < -0.4 is 5.32 Å². The van der Waals surface area contributed by atoms with E-state index in [9.17, 15) is 4.79 Å². The van der Waals surface area contributed by atoms with Crippen molar-refractivity contribution in [2.75, 3.05) is 18.9 Å². The molecule has 1 amide bonds. The maximum absolute atomic E-state index is 12.7. The van der Waals surface area contributed by atoms with Gasteiger partial charge in [0.15, 0.2) is 0 Å². The van der Waals surface area contributed by atoms with Crippen LogP contribution in [0.4, 0.5) is 5.69 Å². The predicted octanol–water partition coefficient (Wildman–Crippen LogP) is 3.32. The quantitative estimate of drug-likeness (QED) is 0.935. The molecule has 0 aromatic heterocycles. The first kappa shape index (κ1) is 13.7. The lowest BCUT2D eigenvalue weighted by Gasteiger charge is -2.23. The van der Waals surface area contributed by atoms with Crippen molar-refractivity contribution >= 4 is 11.6 Å². The van der Waals surface area contributed by atoms with E-state index in [-0.39, 0.29) is 5.91 Å². The monoisotopic (exact) mass is 280 g/mol. The number of benzene rings is 2. The van der Waals surface area contributed by atoms with Crippen LogP contribution in [-0.2, 0) is 13.0 Å². The normalized spacial score (nSPS) is 13.2. The average Bonchev–Trinajstić information content (AvgIpc) is 2.54. The minimum Gasteiger partial charge on any atom is -0.385 e. The van der Waals surface area contributed by atoms with E-state index >= 15 is 0 Å². The van der Waals surface area contributed by atoms with Gasteiger partial charge in [-0.25, -0.2) is 0 Å². The highest BCUT2D eigenvalue weighted by Crippen LogP contribution is 2.26.